The van der Waals surface area contributed by atoms with Gasteiger partial charge in [0, 0.05) is 5.56 Å². The van der Waals surface area contributed by atoms with Crippen molar-refractivity contribution in [3.8, 4) is 5.75 Å². The number of phenolic OH excluding ortho intramolecular Hbond substituents is 1. The molecule has 3 N–H and O–H groups in total. The molecular formula is C16H21NO5. The van der Waals surface area contributed by atoms with E-state index in [9.17, 15) is 19.8 Å². The van der Waals surface area contributed by atoms with Crippen molar-refractivity contribution in [2.75, 3.05) is 6.61 Å². The highest BCUT2D eigenvalue weighted by Crippen LogP contribution is 2.26. The minimum atomic E-state index is -0.774. The molecule has 1 fully saturated rings. The largest absolute Gasteiger partial charge is 0.508 e. The summed E-state index contributed by atoms with van der Waals surface area (Å²) in [6.45, 7) is 1.99. The molecule has 1 aromatic carbocycles. The molecule has 120 valence electrons. The molecule has 1 saturated carbocycles. The number of benzene rings is 1. The number of ether oxygens (including phenoxy) is 1. The summed E-state index contributed by atoms with van der Waals surface area (Å²) in [5, 5.41) is 22.1. The van der Waals surface area contributed by atoms with E-state index in [1.807, 2.05) is 0 Å². The second-order valence-electron chi connectivity index (χ2n) is 5.40. The zero-order valence-corrected chi connectivity index (χ0v) is 12.5. The molecule has 3 atom stereocenters. The monoisotopic (exact) mass is 307 g/mol. The van der Waals surface area contributed by atoms with Crippen LogP contribution in [0.4, 0.5) is 0 Å². The Labute approximate surface area is 129 Å². The summed E-state index contributed by atoms with van der Waals surface area (Å²) in [5.41, 5.74) is 0.359. The van der Waals surface area contributed by atoms with E-state index >= 15 is 0 Å². The van der Waals surface area contributed by atoms with Crippen molar-refractivity contribution in [2.45, 2.75) is 38.3 Å². The Kier molecular flexibility index (Phi) is 5.38. The van der Waals surface area contributed by atoms with E-state index in [4.69, 9.17) is 4.74 Å². The van der Waals surface area contributed by atoms with Gasteiger partial charge in [-0.3, -0.25) is 9.59 Å². The molecule has 3 unspecified atom stereocenters. The standard InChI is InChI=1S/C16H21NO5/c1-2-22-16(21)12-4-3-5-13(19)14(12)17-15(20)10-6-8-11(18)9-7-10/h6-9,12-14,18-19H,2-5H2,1H3,(H,17,20). The molecule has 0 saturated heterocycles. The maximum absolute atomic E-state index is 12.2. The van der Waals surface area contributed by atoms with Crippen molar-refractivity contribution >= 4 is 11.9 Å². The van der Waals surface area contributed by atoms with E-state index in [1.54, 1.807) is 6.92 Å². The van der Waals surface area contributed by atoms with E-state index < -0.39 is 24.0 Å². The van der Waals surface area contributed by atoms with E-state index in [0.717, 1.165) is 6.42 Å². The number of phenols is 1. The van der Waals surface area contributed by atoms with Gasteiger partial charge in [0.2, 0.25) is 0 Å². The summed E-state index contributed by atoms with van der Waals surface area (Å²) in [7, 11) is 0. The van der Waals surface area contributed by atoms with Crippen LogP contribution >= 0.6 is 0 Å². The first kappa shape index (κ1) is 16.3. The number of carbonyl (C=O) groups is 2. The van der Waals surface area contributed by atoms with E-state index in [1.165, 1.54) is 24.3 Å². The topological polar surface area (TPSA) is 95.9 Å². The average molecular weight is 307 g/mol. The number of aromatic hydroxyl groups is 1. The number of amides is 1. The summed E-state index contributed by atoms with van der Waals surface area (Å²) in [6.07, 6.45) is 1.06. The van der Waals surface area contributed by atoms with Gasteiger partial charge in [0.05, 0.1) is 24.7 Å². The first-order valence-electron chi connectivity index (χ1n) is 7.47. The van der Waals surface area contributed by atoms with Gasteiger partial charge in [-0.2, -0.15) is 0 Å². The fourth-order valence-corrected chi connectivity index (χ4v) is 2.73. The fourth-order valence-electron chi connectivity index (χ4n) is 2.73. The number of carbonyl (C=O) groups excluding carboxylic acids is 2. The molecule has 0 radical (unpaired) electrons. The van der Waals surface area contributed by atoms with Gasteiger partial charge < -0.3 is 20.3 Å². The minimum absolute atomic E-state index is 0.0682. The van der Waals surface area contributed by atoms with E-state index in [0.29, 0.717) is 18.4 Å². The average Bonchev–Trinajstić information content (AvgIpc) is 2.50. The fraction of sp³-hybridized carbons (Fsp3) is 0.500. The van der Waals surface area contributed by atoms with Crippen molar-refractivity contribution in [1.82, 2.24) is 5.32 Å². The number of rotatable bonds is 4. The van der Waals surface area contributed by atoms with Crippen LogP contribution in [-0.2, 0) is 9.53 Å². The predicted octanol–water partition coefficient (Wildman–Crippen LogP) is 1.21. The van der Waals surface area contributed by atoms with Crippen LogP contribution in [-0.4, -0.2) is 40.8 Å². The molecule has 0 bridgehead atoms. The molecule has 1 aliphatic carbocycles. The Bertz CT molecular complexity index is 528. The SMILES string of the molecule is CCOC(=O)C1CCCC(O)C1NC(=O)c1ccc(O)cc1. The third kappa shape index (κ3) is 3.76. The molecule has 2 rings (SSSR count). The molecule has 0 heterocycles. The van der Waals surface area contributed by atoms with Crippen molar-refractivity contribution in [2.24, 2.45) is 5.92 Å². The molecule has 6 heteroatoms. The van der Waals surface area contributed by atoms with Crippen molar-refractivity contribution < 1.29 is 24.5 Å². The lowest BCUT2D eigenvalue weighted by Gasteiger charge is -2.34. The molecule has 1 amide bonds. The highest BCUT2D eigenvalue weighted by molar-refractivity contribution is 5.94. The van der Waals surface area contributed by atoms with Crippen molar-refractivity contribution in [1.29, 1.82) is 0 Å². The third-order valence-electron chi connectivity index (χ3n) is 3.88. The van der Waals surface area contributed by atoms with Gasteiger partial charge in [-0.25, -0.2) is 0 Å². The Hall–Kier alpha value is -2.08. The normalized spacial score (nSPS) is 24.5. The van der Waals surface area contributed by atoms with Gasteiger partial charge in [-0.05, 0) is 50.5 Å². The van der Waals surface area contributed by atoms with Crippen LogP contribution in [0, 0.1) is 5.92 Å². The molecule has 6 nitrogen and oxygen atoms in total. The summed E-state index contributed by atoms with van der Waals surface area (Å²) < 4.78 is 5.03. The van der Waals surface area contributed by atoms with Crippen LogP contribution in [0.2, 0.25) is 0 Å². The molecule has 0 spiro atoms. The number of hydrogen-bond acceptors (Lipinski definition) is 5. The number of esters is 1. The van der Waals surface area contributed by atoms with Gasteiger partial charge in [-0.15, -0.1) is 0 Å². The van der Waals surface area contributed by atoms with Crippen LogP contribution in [0.25, 0.3) is 0 Å². The first-order chi connectivity index (χ1) is 10.5. The number of aliphatic hydroxyl groups is 1. The van der Waals surface area contributed by atoms with Gasteiger partial charge >= 0.3 is 5.97 Å². The number of hydrogen-bond donors (Lipinski definition) is 3. The Morgan fingerprint density at radius 1 is 1.27 bits per heavy atom. The van der Waals surface area contributed by atoms with Crippen LogP contribution in [0.15, 0.2) is 24.3 Å². The lowest BCUT2D eigenvalue weighted by Crippen LogP contribution is -2.53. The number of nitrogens with one attached hydrogen (secondary N) is 1. The summed E-state index contributed by atoms with van der Waals surface area (Å²) in [6, 6.07) is 5.14. The summed E-state index contributed by atoms with van der Waals surface area (Å²) in [4.78, 5) is 24.2. The zero-order valence-electron chi connectivity index (χ0n) is 12.5. The Morgan fingerprint density at radius 2 is 1.95 bits per heavy atom. The molecule has 22 heavy (non-hydrogen) atoms. The lowest BCUT2D eigenvalue weighted by molar-refractivity contribution is -0.151. The van der Waals surface area contributed by atoms with Gasteiger partial charge in [0.1, 0.15) is 5.75 Å². The Morgan fingerprint density at radius 3 is 2.59 bits per heavy atom. The van der Waals surface area contributed by atoms with Gasteiger partial charge in [-0.1, -0.05) is 0 Å². The quantitative estimate of drug-likeness (QED) is 0.727. The van der Waals surface area contributed by atoms with Crippen LogP contribution < -0.4 is 5.32 Å². The third-order valence-corrected chi connectivity index (χ3v) is 3.88. The van der Waals surface area contributed by atoms with Crippen LogP contribution in [0.3, 0.4) is 0 Å². The van der Waals surface area contributed by atoms with E-state index in [2.05, 4.69) is 5.32 Å². The van der Waals surface area contributed by atoms with Crippen LogP contribution in [0.1, 0.15) is 36.5 Å². The highest BCUT2D eigenvalue weighted by Gasteiger charge is 2.38. The predicted molar refractivity (Wildman–Crippen MR) is 79.3 cm³/mol. The minimum Gasteiger partial charge on any atom is -0.508 e. The van der Waals surface area contributed by atoms with E-state index in [-0.39, 0.29) is 18.3 Å². The molecule has 1 aliphatic rings. The zero-order chi connectivity index (χ0) is 16.1. The maximum atomic E-state index is 12.2. The number of aliphatic hydroxyl groups excluding tert-OH is 1. The van der Waals surface area contributed by atoms with Crippen LogP contribution in [0.5, 0.6) is 5.75 Å². The second kappa shape index (κ2) is 7.26. The Balaban J connectivity index is 2.10. The smallest absolute Gasteiger partial charge is 0.311 e. The summed E-state index contributed by atoms with van der Waals surface area (Å²) in [5.74, 6) is -1.25. The van der Waals surface area contributed by atoms with Crippen molar-refractivity contribution in [3.63, 3.8) is 0 Å². The first-order valence-corrected chi connectivity index (χ1v) is 7.47. The molecule has 0 aromatic heterocycles. The maximum Gasteiger partial charge on any atom is 0.311 e. The lowest BCUT2D eigenvalue weighted by atomic mass is 9.82. The molecular weight excluding hydrogens is 286 g/mol. The van der Waals surface area contributed by atoms with Gasteiger partial charge in [0.25, 0.3) is 5.91 Å². The molecule has 1 aromatic rings. The van der Waals surface area contributed by atoms with Crippen molar-refractivity contribution in [3.05, 3.63) is 29.8 Å². The second-order valence-corrected chi connectivity index (χ2v) is 5.40. The molecule has 0 aliphatic heterocycles. The summed E-state index contributed by atoms with van der Waals surface area (Å²) >= 11 is 0. The van der Waals surface area contributed by atoms with Gasteiger partial charge in [0.15, 0.2) is 0 Å². The highest BCUT2D eigenvalue weighted by atomic mass is 16.5.